The summed E-state index contributed by atoms with van der Waals surface area (Å²) < 4.78 is 0. The number of anilines is 1. The fourth-order valence-electron chi connectivity index (χ4n) is 6.53. The molecule has 0 radical (unpaired) electrons. The molecule has 4 saturated carbocycles. The Kier molecular flexibility index (Phi) is 3.37. The molecule has 4 fully saturated rings. The lowest BCUT2D eigenvalue weighted by atomic mass is 9.40. The highest BCUT2D eigenvalue weighted by molar-refractivity contribution is 7.13. The van der Waals surface area contributed by atoms with Gasteiger partial charge in [-0.2, -0.15) is 0 Å². The van der Waals surface area contributed by atoms with E-state index in [0.29, 0.717) is 27.6 Å². The summed E-state index contributed by atoms with van der Waals surface area (Å²) in [7, 11) is 0. The maximum absolute atomic E-state index is 13.1. The summed E-state index contributed by atoms with van der Waals surface area (Å²) in [5.74, 6) is -0.138. The minimum absolute atomic E-state index is 0.0975. The SMILES string of the molecule is C[C@]12CC3CC(C(=O)Nc4nc(CC(=O)O)cs4)(C1)C[C@@](C)(C3)C2. The van der Waals surface area contributed by atoms with Gasteiger partial charge in [0.1, 0.15) is 0 Å². The van der Waals surface area contributed by atoms with E-state index < -0.39 is 5.97 Å². The van der Waals surface area contributed by atoms with Crippen molar-refractivity contribution in [2.75, 3.05) is 5.32 Å². The summed E-state index contributed by atoms with van der Waals surface area (Å²) in [5, 5.41) is 14.1. The minimum Gasteiger partial charge on any atom is -0.481 e. The lowest BCUT2D eigenvalue weighted by Gasteiger charge is -2.64. The summed E-state index contributed by atoms with van der Waals surface area (Å²) in [6, 6.07) is 0. The van der Waals surface area contributed by atoms with E-state index in [-0.39, 0.29) is 17.7 Å². The van der Waals surface area contributed by atoms with Crippen LogP contribution in [0.3, 0.4) is 0 Å². The van der Waals surface area contributed by atoms with Gasteiger partial charge in [0.15, 0.2) is 5.13 Å². The highest BCUT2D eigenvalue weighted by Crippen LogP contribution is 2.69. The molecule has 4 bridgehead atoms. The van der Waals surface area contributed by atoms with E-state index >= 15 is 0 Å². The predicted molar refractivity (Wildman–Crippen MR) is 91.9 cm³/mol. The second kappa shape index (κ2) is 5.04. The molecule has 0 spiro atoms. The van der Waals surface area contributed by atoms with Crippen molar-refractivity contribution >= 4 is 28.3 Å². The summed E-state index contributed by atoms with van der Waals surface area (Å²) >= 11 is 1.32. The van der Waals surface area contributed by atoms with Gasteiger partial charge in [0.2, 0.25) is 5.91 Å². The Balaban J connectivity index is 1.54. The molecular formula is C18H24N2O3S. The van der Waals surface area contributed by atoms with E-state index in [9.17, 15) is 9.59 Å². The molecule has 6 heteroatoms. The van der Waals surface area contributed by atoms with Crippen molar-refractivity contribution in [2.24, 2.45) is 22.2 Å². The van der Waals surface area contributed by atoms with Crippen LogP contribution in [0.15, 0.2) is 5.38 Å². The van der Waals surface area contributed by atoms with Gasteiger partial charge in [-0.25, -0.2) is 4.98 Å². The first-order chi connectivity index (χ1) is 11.2. The van der Waals surface area contributed by atoms with E-state index in [1.54, 1.807) is 5.38 Å². The van der Waals surface area contributed by atoms with Crippen LogP contribution in [0.25, 0.3) is 0 Å². The van der Waals surface area contributed by atoms with Gasteiger partial charge in [0, 0.05) is 5.38 Å². The summed E-state index contributed by atoms with van der Waals surface area (Å²) in [6.45, 7) is 4.71. The van der Waals surface area contributed by atoms with Gasteiger partial charge in [-0.1, -0.05) is 13.8 Å². The Bertz CT molecular complexity index is 695. The van der Waals surface area contributed by atoms with Crippen molar-refractivity contribution in [1.82, 2.24) is 4.98 Å². The lowest BCUT2D eigenvalue weighted by molar-refractivity contribution is -0.165. The summed E-state index contributed by atoms with van der Waals surface area (Å²) in [6.07, 6.45) is 6.62. The van der Waals surface area contributed by atoms with Gasteiger partial charge in [0.05, 0.1) is 17.5 Å². The number of amides is 1. The van der Waals surface area contributed by atoms with Gasteiger partial charge in [-0.05, 0) is 55.3 Å². The summed E-state index contributed by atoms with van der Waals surface area (Å²) in [5.41, 5.74) is 0.833. The molecule has 5 rings (SSSR count). The third kappa shape index (κ3) is 2.65. The zero-order valence-electron chi connectivity index (χ0n) is 14.2. The first-order valence-corrected chi connectivity index (χ1v) is 9.55. The normalized spacial score (nSPS) is 39.8. The average Bonchev–Trinajstić information content (AvgIpc) is 2.80. The molecule has 2 unspecified atom stereocenters. The number of carboxylic acid groups (broad SMARTS) is 1. The monoisotopic (exact) mass is 348 g/mol. The van der Waals surface area contributed by atoms with Crippen molar-refractivity contribution in [3.63, 3.8) is 0 Å². The van der Waals surface area contributed by atoms with E-state index in [0.717, 1.165) is 19.3 Å². The second-order valence-corrected chi connectivity index (χ2v) is 9.94. The summed E-state index contributed by atoms with van der Waals surface area (Å²) in [4.78, 5) is 28.2. The number of nitrogens with one attached hydrogen (secondary N) is 1. The van der Waals surface area contributed by atoms with Crippen LogP contribution in [0.5, 0.6) is 0 Å². The minimum atomic E-state index is -0.903. The number of carbonyl (C=O) groups excluding carboxylic acids is 1. The zero-order chi connectivity index (χ0) is 17.2. The number of carbonyl (C=O) groups is 2. The Hall–Kier alpha value is -1.43. The van der Waals surface area contributed by atoms with Crippen LogP contribution in [0.4, 0.5) is 5.13 Å². The zero-order valence-corrected chi connectivity index (χ0v) is 15.0. The van der Waals surface area contributed by atoms with Crippen molar-refractivity contribution in [2.45, 2.75) is 58.8 Å². The number of hydrogen-bond acceptors (Lipinski definition) is 4. The molecule has 1 aromatic rings. The number of nitrogens with zero attached hydrogens (tertiary/aromatic N) is 1. The topological polar surface area (TPSA) is 79.3 Å². The van der Waals surface area contributed by atoms with Crippen LogP contribution in [0.1, 0.15) is 58.1 Å². The van der Waals surface area contributed by atoms with Crippen molar-refractivity contribution in [3.05, 3.63) is 11.1 Å². The van der Waals surface area contributed by atoms with E-state index in [2.05, 4.69) is 24.1 Å². The molecule has 0 aromatic carbocycles. The standard InChI is InChI=1S/C18H24N2O3S/c1-16-4-11-5-17(2,8-16)10-18(6-11,9-16)14(23)20-15-19-12(7-24-15)3-13(21)22/h7,11H,3-6,8-10H2,1-2H3,(H,21,22)(H,19,20,23)/t11?,16-,17+,18?. The maximum atomic E-state index is 13.1. The quantitative estimate of drug-likeness (QED) is 0.869. The van der Waals surface area contributed by atoms with Crippen LogP contribution >= 0.6 is 11.3 Å². The molecule has 1 heterocycles. The Labute approximate surface area is 145 Å². The number of rotatable bonds is 4. The van der Waals surface area contributed by atoms with Crippen LogP contribution in [-0.2, 0) is 16.0 Å². The third-order valence-corrected chi connectivity index (χ3v) is 7.02. The molecule has 5 nitrogen and oxygen atoms in total. The number of thiazole rings is 1. The van der Waals surface area contributed by atoms with Crippen LogP contribution in [-0.4, -0.2) is 22.0 Å². The van der Waals surface area contributed by atoms with Gasteiger partial charge in [-0.3, -0.25) is 9.59 Å². The average molecular weight is 348 g/mol. The molecule has 1 aromatic heterocycles. The molecule has 4 aliphatic carbocycles. The van der Waals surface area contributed by atoms with Crippen molar-refractivity contribution in [3.8, 4) is 0 Å². The van der Waals surface area contributed by atoms with Crippen molar-refractivity contribution < 1.29 is 14.7 Å². The fraction of sp³-hybridized carbons (Fsp3) is 0.722. The van der Waals surface area contributed by atoms with Gasteiger partial charge < -0.3 is 10.4 Å². The molecular weight excluding hydrogens is 324 g/mol. The van der Waals surface area contributed by atoms with Gasteiger partial charge in [-0.15, -0.1) is 11.3 Å². The Morgan fingerprint density at radius 2 is 1.92 bits per heavy atom. The first kappa shape index (κ1) is 16.1. The van der Waals surface area contributed by atoms with E-state index in [1.807, 2.05) is 0 Å². The van der Waals surface area contributed by atoms with Gasteiger partial charge in [0.25, 0.3) is 0 Å². The molecule has 4 atom stereocenters. The predicted octanol–water partition coefficient (Wildman–Crippen LogP) is 3.71. The largest absolute Gasteiger partial charge is 0.481 e. The lowest BCUT2D eigenvalue weighted by Crippen LogP contribution is -2.58. The smallest absolute Gasteiger partial charge is 0.309 e. The fourth-order valence-corrected chi connectivity index (χ4v) is 7.24. The molecule has 0 saturated heterocycles. The van der Waals surface area contributed by atoms with Crippen molar-refractivity contribution in [1.29, 1.82) is 0 Å². The van der Waals surface area contributed by atoms with Gasteiger partial charge >= 0.3 is 5.97 Å². The van der Waals surface area contributed by atoms with Crippen LogP contribution < -0.4 is 5.32 Å². The Morgan fingerprint density at radius 1 is 1.25 bits per heavy atom. The molecule has 24 heavy (non-hydrogen) atoms. The highest BCUT2D eigenvalue weighted by atomic mass is 32.1. The van der Waals surface area contributed by atoms with E-state index in [4.69, 9.17) is 5.11 Å². The highest BCUT2D eigenvalue weighted by Gasteiger charge is 2.62. The van der Waals surface area contributed by atoms with E-state index in [1.165, 1.54) is 30.6 Å². The molecule has 2 N–H and O–H groups in total. The number of carboxylic acids is 1. The number of aromatic nitrogens is 1. The number of hydrogen-bond donors (Lipinski definition) is 2. The Morgan fingerprint density at radius 3 is 2.50 bits per heavy atom. The maximum Gasteiger partial charge on any atom is 0.309 e. The van der Waals surface area contributed by atoms with Crippen LogP contribution in [0.2, 0.25) is 0 Å². The molecule has 4 aliphatic rings. The first-order valence-electron chi connectivity index (χ1n) is 8.67. The molecule has 0 aliphatic heterocycles. The third-order valence-electron chi connectivity index (χ3n) is 6.21. The number of aliphatic carboxylic acids is 1. The van der Waals surface area contributed by atoms with Crippen LogP contribution in [0, 0.1) is 22.2 Å². The molecule has 130 valence electrons. The molecule has 1 amide bonds. The second-order valence-electron chi connectivity index (χ2n) is 9.08.